The Hall–Kier alpha value is -1.99. The van der Waals surface area contributed by atoms with Crippen LogP contribution in [0.3, 0.4) is 0 Å². The van der Waals surface area contributed by atoms with Gasteiger partial charge in [0.05, 0.1) is 5.36 Å². The van der Waals surface area contributed by atoms with Crippen LogP contribution in [-0.4, -0.2) is 11.8 Å². The summed E-state index contributed by atoms with van der Waals surface area (Å²) in [5.74, 6) is 1.12. The Bertz CT molecular complexity index is 622. The van der Waals surface area contributed by atoms with E-state index >= 15 is 0 Å². The molecule has 1 amide bonds. The number of hydrogen-bond acceptors (Lipinski definition) is 2. The summed E-state index contributed by atoms with van der Waals surface area (Å²) in [6.07, 6.45) is 4.84. The van der Waals surface area contributed by atoms with Crippen LogP contribution in [-0.2, 0) is 16.0 Å². The second-order valence-corrected chi connectivity index (χ2v) is 4.07. The predicted molar refractivity (Wildman–Crippen MR) is 64.5 cm³/mol. The molecule has 0 bridgehead atoms. The first-order chi connectivity index (χ1) is 8.24. The Labute approximate surface area is 99.2 Å². The van der Waals surface area contributed by atoms with Crippen molar-refractivity contribution in [3.63, 3.8) is 0 Å². The van der Waals surface area contributed by atoms with Crippen molar-refractivity contribution in [3.05, 3.63) is 39.9 Å². The van der Waals surface area contributed by atoms with Crippen molar-refractivity contribution in [1.29, 1.82) is 0 Å². The lowest BCUT2D eigenvalue weighted by molar-refractivity contribution is -0.114. The predicted octanol–water partition coefficient (Wildman–Crippen LogP) is 0.728. The molecule has 3 heteroatoms. The average Bonchev–Trinajstić information content (AvgIpc) is 2.35. The maximum absolute atomic E-state index is 11.3. The number of hydrogen-bond donors (Lipinski definition) is 0. The van der Waals surface area contributed by atoms with Gasteiger partial charge in [-0.1, -0.05) is 19.4 Å². The van der Waals surface area contributed by atoms with Crippen LogP contribution in [0.5, 0.6) is 0 Å². The highest BCUT2D eigenvalue weighted by molar-refractivity contribution is 6.09. The highest BCUT2D eigenvalue weighted by atomic mass is 16.2. The van der Waals surface area contributed by atoms with E-state index in [0.717, 1.165) is 24.5 Å². The monoisotopic (exact) mass is 227 g/mol. The van der Waals surface area contributed by atoms with Crippen LogP contribution in [0.15, 0.2) is 28.8 Å². The molecule has 1 aromatic carbocycles. The molecule has 0 aromatic heterocycles. The highest BCUT2D eigenvalue weighted by Gasteiger charge is 2.10. The van der Waals surface area contributed by atoms with E-state index in [1.165, 1.54) is 5.56 Å². The molecule has 0 spiro atoms. The number of aryl methyl sites for hydroxylation is 1. The van der Waals surface area contributed by atoms with Gasteiger partial charge in [0, 0.05) is 5.22 Å². The summed E-state index contributed by atoms with van der Waals surface area (Å²) in [5.41, 5.74) is 1.21. The summed E-state index contributed by atoms with van der Waals surface area (Å²) in [6.45, 7) is 2.14. The van der Waals surface area contributed by atoms with Gasteiger partial charge >= 0.3 is 0 Å². The second kappa shape index (κ2) is 4.89. The third-order valence-electron chi connectivity index (χ3n) is 2.77. The molecule has 0 saturated carbocycles. The molecule has 1 aliphatic rings. The van der Waals surface area contributed by atoms with Crippen LogP contribution < -0.4 is 10.6 Å². The molecular formula is C14H13NO2. The molecule has 17 heavy (non-hydrogen) atoms. The van der Waals surface area contributed by atoms with E-state index in [-0.39, 0.29) is 5.57 Å². The molecule has 0 unspecified atom stereocenters. The Kier molecular flexibility index (Phi) is 3.31. The molecule has 2 rings (SSSR count). The normalized spacial score (nSPS) is 13.5. The number of amides is 1. The molecule has 0 N–H and O–H groups in total. The molecule has 86 valence electrons. The summed E-state index contributed by atoms with van der Waals surface area (Å²) in [6, 6.07) is 5.79. The lowest BCUT2D eigenvalue weighted by atomic mass is 10.0. The summed E-state index contributed by atoms with van der Waals surface area (Å²) in [4.78, 5) is 25.8. The second-order valence-electron chi connectivity index (χ2n) is 4.07. The van der Waals surface area contributed by atoms with Crippen LogP contribution >= 0.6 is 0 Å². The SMILES string of the molecule is CCCCc1ccc2c(c1)=CC(=C=O)C(=O)N=2. The number of benzene rings is 1. The third kappa shape index (κ3) is 2.40. The van der Waals surface area contributed by atoms with Crippen LogP contribution in [0.4, 0.5) is 0 Å². The standard InChI is InChI=1S/C14H13NO2/c1-2-3-4-10-5-6-13-11(7-10)8-12(9-16)14(17)15-13/h5-8H,2-4H2,1H3. The minimum atomic E-state index is -0.506. The van der Waals surface area contributed by atoms with Gasteiger partial charge in [0.2, 0.25) is 0 Å². The van der Waals surface area contributed by atoms with Gasteiger partial charge in [0.1, 0.15) is 11.5 Å². The van der Waals surface area contributed by atoms with Crippen LogP contribution in [0.25, 0.3) is 6.08 Å². The van der Waals surface area contributed by atoms with Crippen molar-refractivity contribution in [3.8, 4) is 0 Å². The first-order valence-corrected chi connectivity index (χ1v) is 5.73. The van der Waals surface area contributed by atoms with E-state index in [1.807, 2.05) is 18.2 Å². The number of unbranched alkanes of at least 4 members (excludes halogenated alkanes) is 1. The minimum absolute atomic E-state index is 0.00476. The first-order valence-electron chi connectivity index (χ1n) is 5.73. The largest absolute Gasteiger partial charge is 0.288 e. The minimum Gasteiger partial charge on any atom is -0.266 e. The van der Waals surface area contributed by atoms with Gasteiger partial charge < -0.3 is 0 Å². The molecule has 0 atom stereocenters. The van der Waals surface area contributed by atoms with E-state index in [4.69, 9.17) is 0 Å². The van der Waals surface area contributed by atoms with E-state index in [0.29, 0.717) is 5.36 Å². The van der Waals surface area contributed by atoms with Gasteiger partial charge in [-0.05, 0) is 36.6 Å². The van der Waals surface area contributed by atoms with Crippen LogP contribution in [0.2, 0.25) is 0 Å². The molecule has 0 fully saturated rings. The molecule has 0 aliphatic carbocycles. The number of fused-ring (bicyclic) bond motifs is 1. The summed E-state index contributed by atoms with van der Waals surface area (Å²) in [5, 5.41) is 1.46. The van der Waals surface area contributed by atoms with Gasteiger partial charge in [-0.2, -0.15) is 0 Å². The van der Waals surface area contributed by atoms with Crippen molar-refractivity contribution in [2.75, 3.05) is 0 Å². The van der Waals surface area contributed by atoms with Gasteiger partial charge in [0.25, 0.3) is 5.91 Å². The molecule has 1 heterocycles. The molecule has 1 aliphatic heterocycles. The fourth-order valence-electron chi connectivity index (χ4n) is 1.82. The topological polar surface area (TPSA) is 46.5 Å². The molecule has 0 radical (unpaired) electrons. The molecule has 3 nitrogen and oxygen atoms in total. The van der Waals surface area contributed by atoms with Gasteiger partial charge in [-0.3, -0.25) is 4.79 Å². The van der Waals surface area contributed by atoms with Crippen molar-refractivity contribution in [2.24, 2.45) is 4.99 Å². The zero-order valence-corrected chi connectivity index (χ0v) is 9.69. The number of carbonyl (C=O) groups excluding carboxylic acids is 2. The van der Waals surface area contributed by atoms with E-state index in [2.05, 4.69) is 11.9 Å². The quantitative estimate of drug-likeness (QED) is 0.564. The van der Waals surface area contributed by atoms with Crippen molar-refractivity contribution < 1.29 is 9.59 Å². The lowest BCUT2D eigenvalue weighted by Crippen LogP contribution is -2.31. The van der Waals surface area contributed by atoms with Gasteiger partial charge in [0.15, 0.2) is 0 Å². The fourth-order valence-corrected chi connectivity index (χ4v) is 1.82. The van der Waals surface area contributed by atoms with Crippen molar-refractivity contribution >= 4 is 17.9 Å². The summed E-state index contributed by atoms with van der Waals surface area (Å²) < 4.78 is 0. The van der Waals surface area contributed by atoms with E-state index in [1.54, 1.807) is 12.0 Å². The highest BCUT2D eigenvalue weighted by Crippen LogP contribution is 2.02. The number of carbonyl (C=O) groups is 1. The van der Waals surface area contributed by atoms with E-state index in [9.17, 15) is 9.59 Å². The number of nitrogens with zero attached hydrogens (tertiary/aromatic N) is 1. The maximum atomic E-state index is 11.3. The van der Waals surface area contributed by atoms with Crippen LogP contribution in [0, 0.1) is 0 Å². The molecule has 1 aromatic rings. The van der Waals surface area contributed by atoms with Crippen molar-refractivity contribution in [2.45, 2.75) is 26.2 Å². The molecular weight excluding hydrogens is 214 g/mol. The maximum Gasteiger partial charge on any atom is 0.288 e. The van der Waals surface area contributed by atoms with Gasteiger partial charge in [-0.25, -0.2) is 9.79 Å². The summed E-state index contributed by atoms with van der Waals surface area (Å²) in [7, 11) is 0. The van der Waals surface area contributed by atoms with Crippen molar-refractivity contribution in [1.82, 2.24) is 0 Å². The Morgan fingerprint density at radius 3 is 2.88 bits per heavy atom. The number of rotatable bonds is 3. The summed E-state index contributed by atoms with van der Waals surface area (Å²) >= 11 is 0. The smallest absolute Gasteiger partial charge is 0.266 e. The lowest BCUT2D eigenvalue weighted by Gasteiger charge is -2.03. The van der Waals surface area contributed by atoms with E-state index < -0.39 is 5.91 Å². The Morgan fingerprint density at radius 1 is 1.35 bits per heavy atom. The Balaban J connectivity index is 2.50. The molecule has 0 saturated heterocycles. The fraction of sp³-hybridized carbons (Fsp3) is 0.286. The van der Waals surface area contributed by atoms with Gasteiger partial charge in [-0.15, -0.1) is 0 Å². The zero-order chi connectivity index (χ0) is 12.3. The van der Waals surface area contributed by atoms with Crippen LogP contribution in [0.1, 0.15) is 25.3 Å². The zero-order valence-electron chi connectivity index (χ0n) is 9.69. The first kappa shape index (κ1) is 11.5. The third-order valence-corrected chi connectivity index (χ3v) is 2.77. The average molecular weight is 227 g/mol. The Morgan fingerprint density at radius 2 is 2.18 bits per heavy atom.